The van der Waals surface area contributed by atoms with E-state index in [1.807, 2.05) is 0 Å². The first-order valence-electron chi connectivity index (χ1n) is 8.65. The number of rotatable bonds is 3. The van der Waals surface area contributed by atoms with Crippen LogP contribution in [0.2, 0.25) is 0 Å². The summed E-state index contributed by atoms with van der Waals surface area (Å²) in [5.41, 5.74) is 1.28. The summed E-state index contributed by atoms with van der Waals surface area (Å²) < 4.78 is 6.40. The molecule has 1 aromatic carbocycles. The van der Waals surface area contributed by atoms with Crippen molar-refractivity contribution in [2.24, 2.45) is 0 Å². The van der Waals surface area contributed by atoms with E-state index in [0.717, 1.165) is 31.9 Å². The largest absolute Gasteiger partial charge is 0.488 e. The van der Waals surface area contributed by atoms with Gasteiger partial charge in [0.2, 0.25) is 0 Å². The van der Waals surface area contributed by atoms with Gasteiger partial charge in [0.1, 0.15) is 5.75 Å². The lowest BCUT2D eigenvalue weighted by atomic mass is 10.1. The van der Waals surface area contributed by atoms with Gasteiger partial charge in [-0.1, -0.05) is 25.0 Å². The first-order valence-corrected chi connectivity index (χ1v) is 8.65. The van der Waals surface area contributed by atoms with E-state index < -0.39 is 0 Å². The van der Waals surface area contributed by atoms with Gasteiger partial charge < -0.3 is 15.0 Å². The Labute approximate surface area is 128 Å². The maximum atomic E-state index is 6.40. The molecule has 0 bridgehead atoms. The minimum Gasteiger partial charge on any atom is -0.488 e. The van der Waals surface area contributed by atoms with Crippen molar-refractivity contribution in [1.29, 1.82) is 0 Å². The molecule has 0 spiro atoms. The lowest BCUT2D eigenvalue weighted by Gasteiger charge is -2.27. The van der Waals surface area contributed by atoms with Gasteiger partial charge in [0.25, 0.3) is 0 Å². The highest BCUT2D eigenvalue weighted by Gasteiger charge is 2.18. The second-order valence-electron chi connectivity index (χ2n) is 6.29. The van der Waals surface area contributed by atoms with Gasteiger partial charge in [-0.2, -0.15) is 0 Å². The first-order chi connectivity index (χ1) is 10.4. The van der Waals surface area contributed by atoms with Crippen molar-refractivity contribution in [2.45, 2.75) is 51.0 Å². The average Bonchev–Trinajstić information content (AvgIpc) is 2.92. The summed E-state index contributed by atoms with van der Waals surface area (Å²) in [6.07, 6.45) is 9.45. The molecule has 1 aliphatic carbocycles. The van der Waals surface area contributed by atoms with Crippen molar-refractivity contribution in [2.75, 3.05) is 31.1 Å². The minimum atomic E-state index is 0.416. The Morgan fingerprint density at radius 1 is 0.905 bits per heavy atom. The van der Waals surface area contributed by atoms with Gasteiger partial charge in [0, 0.05) is 19.6 Å². The monoisotopic (exact) mass is 288 g/mol. The Balaban J connectivity index is 1.71. The van der Waals surface area contributed by atoms with E-state index in [1.54, 1.807) is 0 Å². The van der Waals surface area contributed by atoms with E-state index >= 15 is 0 Å². The van der Waals surface area contributed by atoms with Crippen LogP contribution in [-0.4, -0.2) is 32.3 Å². The van der Waals surface area contributed by atoms with Crippen LogP contribution in [0.15, 0.2) is 24.3 Å². The fourth-order valence-electron chi connectivity index (χ4n) is 3.44. The van der Waals surface area contributed by atoms with E-state index in [9.17, 15) is 0 Å². The molecule has 1 saturated heterocycles. The van der Waals surface area contributed by atoms with Crippen LogP contribution in [0.4, 0.5) is 5.69 Å². The number of benzene rings is 1. The van der Waals surface area contributed by atoms with Gasteiger partial charge in [-0.05, 0) is 50.8 Å². The Kier molecular flexibility index (Phi) is 5.39. The van der Waals surface area contributed by atoms with Gasteiger partial charge in [0.05, 0.1) is 11.8 Å². The summed E-state index contributed by atoms with van der Waals surface area (Å²) in [6, 6.07) is 8.61. The molecule has 3 heteroatoms. The topological polar surface area (TPSA) is 24.5 Å². The summed E-state index contributed by atoms with van der Waals surface area (Å²) >= 11 is 0. The molecule has 0 unspecified atom stereocenters. The molecule has 1 saturated carbocycles. The normalized spacial score (nSPS) is 21.6. The fourth-order valence-corrected chi connectivity index (χ4v) is 3.44. The third kappa shape index (κ3) is 4.13. The molecule has 1 N–H and O–H groups in total. The van der Waals surface area contributed by atoms with Gasteiger partial charge >= 0.3 is 0 Å². The van der Waals surface area contributed by atoms with E-state index in [2.05, 4.69) is 34.5 Å². The van der Waals surface area contributed by atoms with Crippen LogP contribution in [0.3, 0.4) is 0 Å². The highest BCUT2D eigenvalue weighted by molar-refractivity contribution is 5.58. The number of para-hydroxylation sites is 2. The Bertz CT molecular complexity index is 419. The van der Waals surface area contributed by atoms with Crippen molar-refractivity contribution in [3.05, 3.63) is 24.3 Å². The number of hydrogen-bond donors (Lipinski definition) is 1. The molecule has 0 aromatic heterocycles. The smallest absolute Gasteiger partial charge is 0.143 e. The van der Waals surface area contributed by atoms with Gasteiger partial charge in [-0.15, -0.1) is 0 Å². The molecular weight excluding hydrogens is 260 g/mol. The third-order valence-corrected chi connectivity index (χ3v) is 4.64. The van der Waals surface area contributed by atoms with E-state index in [-0.39, 0.29) is 0 Å². The van der Waals surface area contributed by atoms with Gasteiger partial charge in [-0.25, -0.2) is 0 Å². The van der Waals surface area contributed by atoms with Crippen molar-refractivity contribution in [3.8, 4) is 5.75 Å². The number of nitrogens with one attached hydrogen (secondary N) is 1. The molecule has 1 aliphatic heterocycles. The van der Waals surface area contributed by atoms with Gasteiger partial charge in [0.15, 0.2) is 0 Å². The maximum Gasteiger partial charge on any atom is 0.143 e. The predicted molar refractivity (Wildman–Crippen MR) is 88.3 cm³/mol. The Morgan fingerprint density at radius 3 is 2.57 bits per heavy atom. The maximum absolute atomic E-state index is 6.40. The van der Waals surface area contributed by atoms with Crippen LogP contribution in [0.5, 0.6) is 5.75 Å². The quantitative estimate of drug-likeness (QED) is 0.860. The van der Waals surface area contributed by atoms with Crippen LogP contribution in [0, 0.1) is 0 Å². The van der Waals surface area contributed by atoms with Crippen molar-refractivity contribution >= 4 is 5.69 Å². The summed E-state index contributed by atoms with van der Waals surface area (Å²) in [5.74, 6) is 1.09. The second-order valence-corrected chi connectivity index (χ2v) is 6.29. The molecule has 2 fully saturated rings. The van der Waals surface area contributed by atoms with Crippen molar-refractivity contribution < 1.29 is 4.74 Å². The highest BCUT2D eigenvalue weighted by atomic mass is 16.5. The van der Waals surface area contributed by atoms with Crippen LogP contribution >= 0.6 is 0 Å². The fraction of sp³-hybridized carbons (Fsp3) is 0.667. The zero-order chi connectivity index (χ0) is 14.3. The van der Waals surface area contributed by atoms with Crippen molar-refractivity contribution in [1.82, 2.24) is 5.32 Å². The Hall–Kier alpha value is -1.22. The van der Waals surface area contributed by atoms with E-state index in [0.29, 0.717) is 6.10 Å². The lowest BCUT2D eigenvalue weighted by molar-refractivity contribution is 0.184. The first kappa shape index (κ1) is 14.7. The SMILES string of the molecule is c1ccc(N2CCCNCC2)c(OC2CCCCCC2)c1. The molecule has 0 radical (unpaired) electrons. The minimum absolute atomic E-state index is 0.416. The molecule has 3 nitrogen and oxygen atoms in total. The summed E-state index contributed by atoms with van der Waals surface area (Å²) in [4.78, 5) is 2.48. The van der Waals surface area contributed by atoms with Crippen LogP contribution in [0.1, 0.15) is 44.9 Å². The van der Waals surface area contributed by atoms with Crippen LogP contribution < -0.4 is 15.0 Å². The standard InChI is InChI=1S/C18H28N2O/c1-2-4-9-16(8-3-1)21-18-11-6-5-10-17(18)20-14-7-12-19-13-15-20/h5-6,10-11,16,19H,1-4,7-9,12-15H2. The van der Waals surface area contributed by atoms with Crippen molar-refractivity contribution in [3.63, 3.8) is 0 Å². The third-order valence-electron chi connectivity index (χ3n) is 4.64. The second kappa shape index (κ2) is 7.69. The Morgan fingerprint density at radius 2 is 1.71 bits per heavy atom. The number of anilines is 1. The van der Waals surface area contributed by atoms with Gasteiger partial charge in [-0.3, -0.25) is 0 Å². The van der Waals surface area contributed by atoms with Crippen LogP contribution in [0.25, 0.3) is 0 Å². The average molecular weight is 288 g/mol. The number of nitrogens with zero attached hydrogens (tertiary/aromatic N) is 1. The molecule has 116 valence electrons. The van der Waals surface area contributed by atoms with E-state index in [1.165, 1.54) is 50.6 Å². The molecule has 1 aromatic rings. The molecular formula is C18H28N2O. The molecule has 21 heavy (non-hydrogen) atoms. The van der Waals surface area contributed by atoms with E-state index in [4.69, 9.17) is 4.74 Å². The molecule has 0 amide bonds. The zero-order valence-corrected chi connectivity index (χ0v) is 13.0. The highest BCUT2D eigenvalue weighted by Crippen LogP contribution is 2.31. The summed E-state index contributed by atoms with van der Waals surface area (Å²) in [7, 11) is 0. The zero-order valence-electron chi connectivity index (χ0n) is 13.0. The summed E-state index contributed by atoms with van der Waals surface area (Å²) in [5, 5.41) is 3.47. The molecule has 2 aliphatic rings. The lowest BCUT2D eigenvalue weighted by Crippen LogP contribution is -2.28. The summed E-state index contributed by atoms with van der Waals surface area (Å²) in [6.45, 7) is 4.39. The number of hydrogen-bond acceptors (Lipinski definition) is 3. The molecule has 0 atom stereocenters. The molecule has 3 rings (SSSR count). The molecule has 1 heterocycles. The predicted octanol–water partition coefficient (Wildman–Crippen LogP) is 3.59. The number of ether oxygens (including phenoxy) is 1. The van der Waals surface area contributed by atoms with Crippen LogP contribution in [-0.2, 0) is 0 Å².